The topological polar surface area (TPSA) is 45.6 Å². The SMILES string of the molecule is CC1CCN(C(=O)Cn2cc(/C=C3\SC(=S)N(C)C3=O)c3cc(Br)ccc32)CC1. The highest BCUT2D eigenvalue weighted by Crippen LogP contribution is 2.34. The van der Waals surface area contributed by atoms with Gasteiger partial charge in [-0.3, -0.25) is 14.5 Å². The maximum Gasteiger partial charge on any atom is 0.265 e. The van der Waals surface area contributed by atoms with Gasteiger partial charge in [0.25, 0.3) is 5.91 Å². The molecule has 0 atom stereocenters. The van der Waals surface area contributed by atoms with Crippen LogP contribution in [0.4, 0.5) is 0 Å². The Morgan fingerprint density at radius 3 is 2.72 bits per heavy atom. The zero-order valence-corrected chi connectivity index (χ0v) is 19.6. The summed E-state index contributed by atoms with van der Waals surface area (Å²) in [5.41, 5.74) is 1.89. The van der Waals surface area contributed by atoms with E-state index in [1.807, 2.05) is 39.9 Å². The van der Waals surface area contributed by atoms with E-state index in [1.54, 1.807) is 7.05 Å². The fraction of sp³-hybridized carbons (Fsp3) is 0.381. The van der Waals surface area contributed by atoms with E-state index in [2.05, 4.69) is 22.9 Å². The molecule has 4 rings (SSSR count). The quantitative estimate of drug-likeness (QED) is 0.468. The second-order valence-electron chi connectivity index (χ2n) is 7.68. The predicted molar refractivity (Wildman–Crippen MR) is 126 cm³/mol. The van der Waals surface area contributed by atoms with Crippen LogP contribution in [0.2, 0.25) is 0 Å². The third-order valence-electron chi connectivity index (χ3n) is 5.59. The Morgan fingerprint density at radius 1 is 1.34 bits per heavy atom. The number of hydrogen-bond acceptors (Lipinski definition) is 4. The number of amides is 2. The van der Waals surface area contributed by atoms with Crippen LogP contribution in [0.25, 0.3) is 17.0 Å². The summed E-state index contributed by atoms with van der Waals surface area (Å²) < 4.78 is 3.50. The molecule has 2 aromatic rings. The number of piperidine rings is 1. The summed E-state index contributed by atoms with van der Waals surface area (Å²) in [5.74, 6) is 0.741. The van der Waals surface area contributed by atoms with Crippen LogP contribution in [0.5, 0.6) is 0 Å². The van der Waals surface area contributed by atoms with Crippen LogP contribution in [-0.2, 0) is 16.1 Å². The molecule has 0 spiro atoms. The number of nitrogens with zero attached hydrogens (tertiary/aromatic N) is 3. The second kappa shape index (κ2) is 8.24. The molecule has 0 N–H and O–H groups in total. The number of carbonyl (C=O) groups is 2. The second-order valence-corrected chi connectivity index (χ2v) is 10.3. The van der Waals surface area contributed by atoms with Crippen LogP contribution >= 0.6 is 39.9 Å². The average Bonchev–Trinajstić information content (AvgIpc) is 3.14. The molecule has 0 bridgehead atoms. The van der Waals surface area contributed by atoms with Crippen molar-refractivity contribution in [3.05, 3.63) is 39.3 Å². The number of halogens is 1. The van der Waals surface area contributed by atoms with Crippen molar-refractivity contribution < 1.29 is 9.59 Å². The minimum Gasteiger partial charge on any atom is -0.341 e. The molecule has 0 unspecified atom stereocenters. The monoisotopic (exact) mass is 491 g/mol. The molecule has 0 aliphatic carbocycles. The van der Waals surface area contributed by atoms with Gasteiger partial charge < -0.3 is 9.47 Å². The van der Waals surface area contributed by atoms with E-state index in [9.17, 15) is 9.59 Å². The van der Waals surface area contributed by atoms with Gasteiger partial charge in [0.05, 0.1) is 4.91 Å². The first-order valence-corrected chi connectivity index (χ1v) is 11.6. The highest BCUT2D eigenvalue weighted by molar-refractivity contribution is 9.10. The number of thiocarbonyl (C=S) groups is 1. The molecule has 152 valence electrons. The summed E-state index contributed by atoms with van der Waals surface area (Å²) in [7, 11) is 1.69. The van der Waals surface area contributed by atoms with Crippen molar-refractivity contribution in [2.24, 2.45) is 5.92 Å². The summed E-state index contributed by atoms with van der Waals surface area (Å²) in [6.45, 7) is 4.20. The normalized spacial score (nSPS) is 19.8. The summed E-state index contributed by atoms with van der Waals surface area (Å²) in [6, 6.07) is 6.01. The maximum absolute atomic E-state index is 12.9. The fourth-order valence-electron chi connectivity index (χ4n) is 3.73. The lowest BCUT2D eigenvalue weighted by molar-refractivity contribution is -0.133. The largest absolute Gasteiger partial charge is 0.341 e. The van der Waals surface area contributed by atoms with Crippen molar-refractivity contribution in [1.82, 2.24) is 14.4 Å². The molecule has 2 aliphatic rings. The summed E-state index contributed by atoms with van der Waals surface area (Å²) in [4.78, 5) is 29.3. The zero-order valence-electron chi connectivity index (χ0n) is 16.4. The highest BCUT2D eigenvalue weighted by Gasteiger charge is 2.29. The number of likely N-dealkylation sites (tertiary alicyclic amines) is 1. The van der Waals surface area contributed by atoms with E-state index in [-0.39, 0.29) is 11.8 Å². The van der Waals surface area contributed by atoms with Gasteiger partial charge in [0.15, 0.2) is 0 Å². The van der Waals surface area contributed by atoms with E-state index in [4.69, 9.17) is 12.2 Å². The first-order chi connectivity index (χ1) is 13.8. The van der Waals surface area contributed by atoms with E-state index >= 15 is 0 Å². The van der Waals surface area contributed by atoms with Gasteiger partial charge in [-0.1, -0.05) is 46.8 Å². The fourth-order valence-corrected chi connectivity index (χ4v) is 5.26. The van der Waals surface area contributed by atoms with Gasteiger partial charge >= 0.3 is 0 Å². The van der Waals surface area contributed by atoms with E-state index < -0.39 is 0 Å². The van der Waals surface area contributed by atoms with Gasteiger partial charge in [-0.25, -0.2) is 0 Å². The van der Waals surface area contributed by atoms with Crippen LogP contribution in [0, 0.1) is 5.92 Å². The first kappa shape index (κ1) is 20.6. The van der Waals surface area contributed by atoms with Gasteiger partial charge in [-0.2, -0.15) is 0 Å². The molecule has 1 aromatic heterocycles. The van der Waals surface area contributed by atoms with E-state index in [0.717, 1.165) is 46.9 Å². The molecular formula is C21H22BrN3O2S2. The van der Waals surface area contributed by atoms with Crippen LogP contribution in [0.1, 0.15) is 25.3 Å². The van der Waals surface area contributed by atoms with Crippen molar-refractivity contribution in [1.29, 1.82) is 0 Å². The lowest BCUT2D eigenvalue weighted by Crippen LogP contribution is -2.39. The Balaban J connectivity index is 1.66. The standard InChI is InChI=1S/C21H22BrN3O2S2/c1-13-5-7-24(8-6-13)19(26)12-25-11-14(16-10-15(22)3-4-17(16)25)9-18-20(27)23(2)21(28)29-18/h3-4,9-11,13H,5-8,12H2,1-2H3/b18-9-. The molecule has 29 heavy (non-hydrogen) atoms. The van der Waals surface area contributed by atoms with Gasteiger partial charge in [0.2, 0.25) is 5.91 Å². The molecular weight excluding hydrogens is 470 g/mol. The summed E-state index contributed by atoms with van der Waals surface area (Å²) >= 11 is 10.1. The highest BCUT2D eigenvalue weighted by atomic mass is 79.9. The number of benzene rings is 1. The van der Waals surface area contributed by atoms with E-state index in [1.165, 1.54) is 16.7 Å². The number of hydrogen-bond donors (Lipinski definition) is 0. The maximum atomic E-state index is 12.9. The Bertz CT molecular complexity index is 1040. The number of likely N-dealkylation sites (N-methyl/N-ethyl adjacent to an activating group) is 1. The number of rotatable bonds is 3. The van der Waals surface area contributed by atoms with Crippen LogP contribution in [-0.4, -0.2) is 50.6 Å². The molecule has 0 radical (unpaired) electrons. The molecule has 8 heteroatoms. The third-order valence-corrected chi connectivity index (χ3v) is 7.57. The molecule has 0 saturated carbocycles. The van der Waals surface area contributed by atoms with Gasteiger partial charge in [0, 0.05) is 47.3 Å². The Morgan fingerprint density at radius 2 is 2.07 bits per heavy atom. The average molecular weight is 492 g/mol. The van der Waals surface area contributed by atoms with Crippen LogP contribution in [0.15, 0.2) is 33.8 Å². The molecule has 2 saturated heterocycles. The van der Waals surface area contributed by atoms with Crippen molar-refractivity contribution in [2.75, 3.05) is 20.1 Å². The minimum absolute atomic E-state index is 0.0885. The molecule has 2 fully saturated rings. The number of aromatic nitrogens is 1. The van der Waals surface area contributed by atoms with Crippen molar-refractivity contribution in [3.63, 3.8) is 0 Å². The number of carbonyl (C=O) groups excluding carboxylic acids is 2. The molecule has 2 amide bonds. The van der Waals surface area contributed by atoms with Crippen molar-refractivity contribution in [2.45, 2.75) is 26.3 Å². The lowest BCUT2D eigenvalue weighted by atomic mass is 9.99. The molecule has 2 aliphatic heterocycles. The summed E-state index contributed by atoms with van der Waals surface area (Å²) in [6.07, 6.45) is 5.97. The minimum atomic E-state index is -0.0885. The van der Waals surface area contributed by atoms with Crippen molar-refractivity contribution in [3.8, 4) is 0 Å². The molecule has 3 heterocycles. The van der Waals surface area contributed by atoms with Crippen LogP contribution < -0.4 is 0 Å². The predicted octanol–water partition coefficient (Wildman–Crippen LogP) is 4.49. The van der Waals surface area contributed by atoms with Gasteiger partial charge in [0.1, 0.15) is 10.9 Å². The smallest absolute Gasteiger partial charge is 0.265 e. The summed E-state index contributed by atoms with van der Waals surface area (Å²) in [5, 5.41) is 1.00. The van der Waals surface area contributed by atoms with Crippen molar-refractivity contribution >= 4 is 73.0 Å². The van der Waals surface area contributed by atoms with E-state index in [0.29, 0.717) is 21.7 Å². The zero-order chi connectivity index (χ0) is 20.7. The number of fused-ring (bicyclic) bond motifs is 1. The Kier molecular flexibility index (Phi) is 5.86. The molecule has 1 aromatic carbocycles. The Hall–Kier alpha value is -1.64. The first-order valence-electron chi connectivity index (χ1n) is 9.61. The van der Waals surface area contributed by atoms with Gasteiger partial charge in [-0.15, -0.1) is 0 Å². The molecule has 5 nitrogen and oxygen atoms in total. The van der Waals surface area contributed by atoms with Gasteiger partial charge in [-0.05, 0) is 43.0 Å². The lowest BCUT2D eigenvalue weighted by Gasteiger charge is -2.30. The number of thioether (sulfide) groups is 1. The van der Waals surface area contributed by atoms with Crippen LogP contribution in [0.3, 0.4) is 0 Å². The Labute approximate surface area is 188 Å². The third kappa shape index (κ3) is 4.15.